The number of likely N-dealkylation sites (tertiary alicyclic amines) is 1. The molecule has 3 heteroatoms. The highest BCUT2D eigenvalue weighted by molar-refractivity contribution is 5.14. The summed E-state index contributed by atoms with van der Waals surface area (Å²) >= 11 is 0. The molecule has 1 aliphatic rings. The quantitative estimate of drug-likeness (QED) is 0.891. The van der Waals surface area contributed by atoms with Gasteiger partial charge in [-0.1, -0.05) is 30.3 Å². The third kappa shape index (κ3) is 3.46. The molecule has 0 bridgehead atoms. The number of nitrogens with one attached hydrogen (secondary N) is 1. The summed E-state index contributed by atoms with van der Waals surface area (Å²) < 4.78 is 5.08. The molecule has 1 atom stereocenters. The maximum atomic E-state index is 5.08. The number of benzene rings is 1. The van der Waals surface area contributed by atoms with Crippen molar-refractivity contribution >= 4 is 0 Å². The predicted molar refractivity (Wildman–Crippen MR) is 75.7 cm³/mol. The highest BCUT2D eigenvalue weighted by Gasteiger charge is 2.21. The first-order valence-corrected chi connectivity index (χ1v) is 6.91. The first-order chi connectivity index (χ1) is 9.40. The van der Waals surface area contributed by atoms with E-state index in [0.717, 1.165) is 19.6 Å². The number of hydrogen-bond donors (Lipinski definition) is 1. The molecule has 1 aliphatic heterocycles. The van der Waals surface area contributed by atoms with Gasteiger partial charge in [-0.25, -0.2) is 0 Å². The lowest BCUT2D eigenvalue weighted by molar-refractivity contribution is 0.320. The molecule has 1 aromatic heterocycles. The summed E-state index contributed by atoms with van der Waals surface area (Å²) in [5, 5.41) is 3.60. The van der Waals surface area contributed by atoms with Crippen molar-refractivity contribution < 1.29 is 4.42 Å². The van der Waals surface area contributed by atoms with Crippen molar-refractivity contribution in [3.63, 3.8) is 0 Å². The fourth-order valence-corrected chi connectivity index (χ4v) is 2.64. The van der Waals surface area contributed by atoms with Crippen molar-refractivity contribution in [1.29, 1.82) is 0 Å². The lowest BCUT2D eigenvalue weighted by Crippen LogP contribution is -2.31. The number of furan rings is 1. The molecular weight excluding hydrogens is 236 g/mol. The molecule has 3 rings (SSSR count). The van der Waals surface area contributed by atoms with E-state index in [4.69, 9.17) is 4.42 Å². The lowest BCUT2D eigenvalue weighted by atomic mass is 10.2. The second kappa shape index (κ2) is 6.04. The molecule has 1 fully saturated rings. The van der Waals surface area contributed by atoms with Gasteiger partial charge in [-0.15, -0.1) is 0 Å². The van der Waals surface area contributed by atoms with E-state index in [1.54, 1.807) is 6.26 Å². The Hall–Kier alpha value is -1.58. The molecule has 2 aromatic rings. The predicted octanol–water partition coefficient (Wildman–Crippen LogP) is 2.64. The zero-order valence-electron chi connectivity index (χ0n) is 11.1. The van der Waals surface area contributed by atoms with Gasteiger partial charge >= 0.3 is 0 Å². The molecule has 1 saturated heterocycles. The Labute approximate surface area is 114 Å². The van der Waals surface area contributed by atoms with E-state index in [0.29, 0.717) is 6.04 Å². The van der Waals surface area contributed by atoms with Crippen LogP contribution in [0.2, 0.25) is 0 Å². The molecule has 1 N–H and O–H groups in total. The van der Waals surface area contributed by atoms with Crippen LogP contribution in [0.5, 0.6) is 0 Å². The van der Waals surface area contributed by atoms with E-state index in [2.05, 4.69) is 40.5 Å². The minimum absolute atomic E-state index is 0.596. The minimum Gasteiger partial charge on any atom is -0.472 e. The van der Waals surface area contributed by atoms with Crippen LogP contribution in [0.25, 0.3) is 0 Å². The average Bonchev–Trinajstić information content (AvgIpc) is 3.09. The maximum Gasteiger partial charge on any atom is 0.0947 e. The molecular formula is C16H20N2O. The van der Waals surface area contributed by atoms with E-state index < -0.39 is 0 Å². The molecule has 1 unspecified atom stereocenters. The van der Waals surface area contributed by atoms with E-state index in [-0.39, 0.29) is 0 Å². The van der Waals surface area contributed by atoms with Crippen LogP contribution in [0.15, 0.2) is 53.3 Å². The van der Waals surface area contributed by atoms with E-state index in [9.17, 15) is 0 Å². The first-order valence-electron chi connectivity index (χ1n) is 6.91. The van der Waals surface area contributed by atoms with Crippen molar-refractivity contribution in [3.05, 3.63) is 60.1 Å². The summed E-state index contributed by atoms with van der Waals surface area (Å²) in [6, 6.07) is 13.3. The molecule has 0 spiro atoms. The molecule has 19 heavy (non-hydrogen) atoms. The van der Waals surface area contributed by atoms with Gasteiger partial charge in [0.05, 0.1) is 12.5 Å². The van der Waals surface area contributed by atoms with Crippen molar-refractivity contribution in [2.45, 2.75) is 25.6 Å². The lowest BCUT2D eigenvalue weighted by Gasteiger charge is -2.16. The molecule has 0 aliphatic carbocycles. The van der Waals surface area contributed by atoms with Crippen molar-refractivity contribution in [2.75, 3.05) is 13.1 Å². The molecule has 0 amide bonds. The average molecular weight is 256 g/mol. The molecule has 0 saturated carbocycles. The van der Waals surface area contributed by atoms with Crippen LogP contribution >= 0.6 is 0 Å². The Balaban J connectivity index is 1.45. The third-order valence-corrected chi connectivity index (χ3v) is 3.70. The standard InChI is InChI=1S/C16H20N2O/c1-2-4-14(5-3-1)11-18-8-6-16(12-18)17-10-15-7-9-19-13-15/h1-5,7,9,13,16-17H,6,8,10-12H2. The Morgan fingerprint density at radius 3 is 2.84 bits per heavy atom. The van der Waals surface area contributed by atoms with Crippen molar-refractivity contribution in [3.8, 4) is 0 Å². The van der Waals surface area contributed by atoms with E-state index in [1.807, 2.05) is 12.3 Å². The van der Waals surface area contributed by atoms with Gasteiger partial charge in [0.25, 0.3) is 0 Å². The summed E-state index contributed by atoms with van der Waals surface area (Å²) in [6.45, 7) is 4.27. The van der Waals surface area contributed by atoms with Gasteiger partial charge in [-0.2, -0.15) is 0 Å². The molecule has 100 valence electrons. The first kappa shape index (κ1) is 12.5. The van der Waals surface area contributed by atoms with Gasteiger partial charge in [0.15, 0.2) is 0 Å². The molecule has 0 radical (unpaired) electrons. The van der Waals surface area contributed by atoms with Gasteiger partial charge in [0.1, 0.15) is 0 Å². The number of nitrogens with zero attached hydrogens (tertiary/aromatic N) is 1. The highest BCUT2D eigenvalue weighted by atomic mass is 16.3. The maximum absolute atomic E-state index is 5.08. The summed E-state index contributed by atoms with van der Waals surface area (Å²) in [5.74, 6) is 0. The van der Waals surface area contributed by atoms with Gasteiger partial charge in [-0.3, -0.25) is 4.90 Å². The van der Waals surface area contributed by atoms with Crippen LogP contribution in [0.3, 0.4) is 0 Å². The SMILES string of the molecule is c1ccc(CN2CCC(NCc3ccoc3)C2)cc1. The number of hydrogen-bond acceptors (Lipinski definition) is 3. The van der Waals surface area contributed by atoms with Crippen LogP contribution in [-0.2, 0) is 13.1 Å². The molecule has 3 nitrogen and oxygen atoms in total. The summed E-state index contributed by atoms with van der Waals surface area (Å²) in [5.41, 5.74) is 2.62. The van der Waals surface area contributed by atoms with Gasteiger partial charge in [0.2, 0.25) is 0 Å². The van der Waals surface area contributed by atoms with Crippen LogP contribution in [0.1, 0.15) is 17.5 Å². The second-order valence-electron chi connectivity index (χ2n) is 5.22. The summed E-state index contributed by atoms with van der Waals surface area (Å²) in [7, 11) is 0. The van der Waals surface area contributed by atoms with Crippen LogP contribution < -0.4 is 5.32 Å². The Morgan fingerprint density at radius 1 is 1.16 bits per heavy atom. The van der Waals surface area contributed by atoms with Crippen molar-refractivity contribution in [1.82, 2.24) is 10.2 Å². The summed E-state index contributed by atoms with van der Waals surface area (Å²) in [6.07, 6.45) is 4.77. The molecule has 1 aromatic carbocycles. The Kier molecular flexibility index (Phi) is 3.96. The normalized spacial score (nSPS) is 19.9. The Bertz CT molecular complexity index is 481. The molecule has 2 heterocycles. The summed E-state index contributed by atoms with van der Waals surface area (Å²) in [4.78, 5) is 2.52. The minimum atomic E-state index is 0.596. The van der Waals surface area contributed by atoms with Gasteiger partial charge < -0.3 is 9.73 Å². The van der Waals surface area contributed by atoms with Crippen LogP contribution in [-0.4, -0.2) is 24.0 Å². The van der Waals surface area contributed by atoms with Gasteiger partial charge in [0, 0.05) is 37.8 Å². The van der Waals surface area contributed by atoms with Gasteiger partial charge in [-0.05, 0) is 18.1 Å². The smallest absolute Gasteiger partial charge is 0.0947 e. The highest BCUT2D eigenvalue weighted by Crippen LogP contribution is 2.14. The van der Waals surface area contributed by atoms with Crippen LogP contribution in [0, 0.1) is 0 Å². The van der Waals surface area contributed by atoms with Crippen molar-refractivity contribution in [2.24, 2.45) is 0 Å². The third-order valence-electron chi connectivity index (χ3n) is 3.70. The largest absolute Gasteiger partial charge is 0.472 e. The monoisotopic (exact) mass is 256 g/mol. The fourth-order valence-electron chi connectivity index (χ4n) is 2.64. The topological polar surface area (TPSA) is 28.4 Å². The second-order valence-corrected chi connectivity index (χ2v) is 5.22. The zero-order chi connectivity index (χ0) is 12.9. The van der Waals surface area contributed by atoms with Crippen LogP contribution in [0.4, 0.5) is 0 Å². The van der Waals surface area contributed by atoms with E-state index in [1.165, 1.54) is 24.1 Å². The number of rotatable bonds is 5. The zero-order valence-corrected chi connectivity index (χ0v) is 11.1. The fraction of sp³-hybridized carbons (Fsp3) is 0.375. The Morgan fingerprint density at radius 2 is 2.05 bits per heavy atom. The van der Waals surface area contributed by atoms with E-state index >= 15 is 0 Å².